The average molecular weight is 296 g/mol. The predicted octanol–water partition coefficient (Wildman–Crippen LogP) is 3.32. The lowest BCUT2D eigenvalue weighted by Crippen LogP contribution is -2.39. The zero-order chi connectivity index (χ0) is 15.4. The van der Waals surface area contributed by atoms with E-state index in [0.717, 1.165) is 23.3 Å². The highest BCUT2D eigenvalue weighted by Gasteiger charge is 2.22. The number of aryl methyl sites for hydroxylation is 1. The number of hydrogen-bond donors (Lipinski definition) is 2. The highest BCUT2D eigenvalue weighted by Crippen LogP contribution is 2.31. The Labute approximate surface area is 130 Å². The van der Waals surface area contributed by atoms with Crippen molar-refractivity contribution in [2.45, 2.75) is 25.9 Å². The number of benzene rings is 2. The fourth-order valence-corrected chi connectivity index (χ4v) is 2.69. The monoisotopic (exact) mass is 296 g/mol. The largest absolute Gasteiger partial charge is 0.493 e. The van der Waals surface area contributed by atoms with Gasteiger partial charge in [-0.3, -0.25) is 0 Å². The topological polar surface area (TPSA) is 50.4 Å². The minimum atomic E-state index is -0.148. The minimum absolute atomic E-state index is 0.00169. The number of carbonyl (C=O) groups is 1. The third kappa shape index (κ3) is 3.22. The normalized spacial score (nSPS) is 16.3. The Balaban J connectivity index is 1.60. The molecule has 1 heterocycles. The van der Waals surface area contributed by atoms with E-state index in [1.54, 1.807) is 0 Å². The van der Waals surface area contributed by atoms with Gasteiger partial charge in [0.25, 0.3) is 0 Å². The van der Waals surface area contributed by atoms with Crippen LogP contribution in [0, 0.1) is 6.92 Å². The molecule has 0 radical (unpaired) electrons. The molecule has 1 atom stereocenters. The van der Waals surface area contributed by atoms with E-state index in [2.05, 4.69) is 10.6 Å². The molecule has 0 aliphatic carbocycles. The quantitative estimate of drug-likeness (QED) is 0.913. The maximum atomic E-state index is 12.1. The highest BCUT2D eigenvalue weighted by molar-refractivity contribution is 5.74. The van der Waals surface area contributed by atoms with Crippen LogP contribution < -0.4 is 15.4 Å². The van der Waals surface area contributed by atoms with Gasteiger partial charge < -0.3 is 15.4 Å². The Morgan fingerprint density at radius 1 is 1.18 bits per heavy atom. The molecule has 1 aliphatic rings. The summed E-state index contributed by atoms with van der Waals surface area (Å²) in [6.07, 6.45) is 0.787. The second kappa shape index (κ2) is 6.52. The molecule has 1 unspecified atom stereocenters. The molecule has 22 heavy (non-hydrogen) atoms. The molecule has 2 aromatic carbocycles. The van der Waals surface area contributed by atoms with Crippen molar-refractivity contribution in [2.75, 3.05) is 6.61 Å². The second-order valence-corrected chi connectivity index (χ2v) is 5.48. The van der Waals surface area contributed by atoms with Crippen LogP contribution in [-0.2, 0) is 6.54 Å². The maximum absolute atomic E-state index is 12.1. The van der Waals surface area contributed by atoms with Gasteiger partial charge in [-0.1, -0.05) is 42.5 Å². The summed E-state index contributed by atoms with van der Waals surface area (Å²) in [5, 5.41) is 5.96. The molecule has 0 bridgehead atoms. The highest BCUT2D eigenvalue weighted by atomic mass is 16.5. The number of fused-ring (bicyclic) bond motifs is 1. The van der Waals surface area contributed by atoms with Crippen molar-refractivity contribution in [1.29, 1.82) is 0 Å². The van der Waals surface area contributed by atoms with Crippen molar-refractivity contribution < 1.29 is 9.53 Å². The Kier molecular flexibility index (Phi) is 4.28. The van der Waals surface area contributed by atoms with Gasteiger partial charge in [0.1, 0.15) is 5.75 Å². The fourth-order valence-electron chi connectivity index (χ4n) is 2.69. The smallest absolute Gasteiger partial charge is 0.315 e. The summed E-state index contributed by atoms with van der Waals surface area (Å²) in [7, 11) is 0. The van der Waals surface area contributed by atoms with Gasteiger partial charge in [0.2, 0.25) is 0 Å². The summed E-state index contributed by atoms with van der Waals surface area (Å²) < 4.78 is 5.61. The van der Waals surface area contributed by atoms with Gasteiger partial charge in [0.15, 0.2) is 0 Å². The first-order valence-corrected chi connectivity index (χ1v) is 7.54. The molecule has 0 saturated carbocycles. The molecular formula is C18H20N2O2. The number of para-hydroxylation sites is 1. The van der Waals surface area contributed by atoms with Crippen LogP contribution in [0.3, 0.4) is 0 Å². The molecule has 2 aromatic rings. The summed E-state index contributed by atoms with van der Waals surface area (Å²) in [6, 6.07) is 15.8. The Morgan fingerprint density at radius 2 is 1.95 bits per heavy atom. The molecule has 2 amide bonds. The number of hydrogen-bond acceptors (Lipinski definition) is 2. The second-order valence-electron chi connectivity index (χ2n) is 5.48. The molecular weight excluding hydrogens is 276 g/mol. The van der Waals surface area contributed by atoms with Crippen LogP contribution in [0.2, 0.25) is 0 Å². The average Bonchev–Trinajstić information content (AvgIpc) is 2.54. The lowest BCUT2D eigenvalue weighted by atomic mass is 10.0. The SMILES string of the molecule is Cc1ccccc1CNC(=O)NC1CCOc2ccccc21. The van der Waals surface area contributed by atoms with Crippen molar-refractivity contribution in [2.24, 2.45) is 0 Å². The van der Waals surface area contributed by atoms with E-state index >= 15 is 0 Å². The fraction of sp³-hybridized carbons (Fsp3) is 0.278. The summed E-state index contributed by atoms with van der Waals surface area (Å²) in [4.78, 5) is 12.1. The van der Waals surface area contributed by atoms with Crippen LogP contribution in [0.4, 0.5) is 4.79 Å². The van der Waals surface area contributed by atoms with E-state index in [1.165, 1.54) is 5.56 Å². The third-order valence-corrected chi connectivity index (χ3v) is 3.96. The van der Waals surface area contributed by atoms with Crippen LogP contribution in [0.15, 0.2) is 48.5 Å². The standard InChI is InChI=1S/C18H20N2O2/c1-13-6-2-3-7-14(13)12-19-18(21)20-16-10-11-22-17-9-5-4-8-15(16)17/h2-9,16H,10-12H2,1H3,(H2,19,20,21). The molecule has 2 N–H and O–H groups in total. The van der Waals surface area contributed by atoms with Crippen molar-refractivity contribution in [3.8, 4) is 5.75 Å². The van der Waals surface area contributed by atoms with Crippen molar-refractivity contribution in [3.63, 3.8) is 0 Å². The van der Waals surface area contributed by atoms with Crippen LogP contribution in [-0.4, -0.2) is 12.6 Å². The molecule has 0 fully saturated rings. The van der Waals surface area contributed by atoms with Gasteiger partial charge in [-0.2, -0.15) is 0 Å². The summed E-state index contributed by atoms with van der Waals surface area (Å²) in [5.41, 5.74) is 3.35. The zero-order valence-corrected chi connectivity index (χ0v) is 12.6. The van der Waals surface area contributed by atoms with Crippen molar-refractivity contribution >= 4 is 6.03 Å². The molecule has 0 aromatic heterocycles. The van der Waals surface area contributed by atoms with E-state index in [4.69, 9.17) is 4.74 Å². The predicted molar refractivity (Wildman–Crippen MR) is 85.8 cm³/mol. The minimum Gasteiger partial charge on any atom is -0.493 e. The van der Waals surface area contributed by atoms with Gasteiger partial charge in [-0.25, -0.2) is 4.79 Å². The van der Waals surface area contributed by atoms with Crippen LogP contribution in [0.1, 0.15) is 29.2 Å². The van der Waals surface area contributed by atoms with E-state index in [1.807, 2.05) is 55.5 Å². The van der Waals surface area contributed by atoms with Gasteiger partial charge in [-0.05, 0) is 24.1 Å². The first-order valence-electron chi connectivity index (χ1n) is 7.54. The van der Waals surface area contributed by atoms with E-state index in [0.29, 0.717) is 13.2 Å². The number of amides is 2. The lowest BCUT2D eigenvalue weighted by molar-refractivity contribution is 0.223. The number of rotatable bonds is 3. The molecule has 4 nitrogen and oxygen atoms in total. The van der Waals surface area contributed by atoms with Crippen molar-refractivity contribution in [3.05, 3.63) is 65.2 Å². The van der Waals surface area contributed by atoms with E-state index in [9.17, 15) is 4.79 Å². The molecule has 0 saturated heterocycles. The Bertz CT molecular complexity index is 670. The van der Waals surface area contributed by atoms with Crippen LogP contribution in [0.5, 0.6) is 5.75 Å². The van der Waals surface area contributed by atoms with Gasteiger partial charge in [0.05, 0.1) is 12.6 Å². The summed E-state index contributed by atoms with van der Waals surface area (Å²) in [6.45, 7) is 3.20. The number of nitrogens with one attached hydrogen (secondary N) is 2. The van der Waals surface area contributed by atoms with Gasteiger partial charge in [-0.15, -0.1) is 0 Å². The van der Waals surface area contributed by atoms with Gasteiger partial charge in [0, 0.05) is 18.5 Å². The van der Waals surface area contributed by atoms with Crippen LogP contribution in [0.25, 0.3) is 0 Å². The lowest BCUT2D eigenvalue weighted by Gasteiger charge is -2.26. The van der Waals surface area contributed by atoms with Gasteiger partial charge >= 0.3 is 6.03 Å². The molecule has 0 spiro atoms. The molecule has 4 heteroatoms. The van der Waals surface area contributed by atoms with E-state index < -0.39 is 0 Å². The number of ether oxygens (including phenoxy) is 1. The third-order valence-electron chi connectivity index (χ3n) is 3.96. The molecule has 3 rings (SSSR count). The summed E-state index contributed by atoms with van der Waals surface area (Å²) in [5.74, 6) is 0.859. The summed E-state index contributed by atoms with van der Waals surface area (Å²) >= 11 is 0. The van der Waals surface area contributed by atoms with E-state index in [-0.39, 0.29) is 12.1 Å². The molecule has 1 aliphatic heterocycles. The number of urea groups is 1. The Morgan fingerprint density at radius 3 is 2.82 bits per heavy atom. The maximum Gasteiger partial charge on any atom is 0.315 e. The first-order chi connectivity index (χ1) is 10.7. The zero-order valence-electron chi connectivity index (χ0n) is 12.6. The van der Waals surface area contributed by atoms with Crippen LogP contribution >= 0.6 is 0 Å². The molecule has 114 valence electrons. The first kappa shape index (κ1) is 14.4. The number of carbonyl (C=O) groups excluding carboxylic acids is 1. The van der Waals surface area contributed by atoms with Crippen molar-refractivity contribution in [1.82, 2.24) is 10.6 Å². The Hall–Kier alpha value is -2.49.